The maximum Gasteiger partial charge on any atom is 0.223 e. The smallest absolute Gasteiger partial charge is 0.223 e. The molecule has 0 aromatic carbocycles. The molecule has 1 saturated carbocycles. The lowest BCUT2D eigenvalue weighted by Gasteiger charge is -2.25. The molecule has 2 atom stereocenters. The number of halogens is 1. The van der Waals surface area contributed by atoms with Crippen LogP contribution < -0.4 is 10.6 Å². The predicted octanol–water partition coefficient (Wildman–Crippen LogP) is 1.59. The molecule has 0 aromatic heterocycles. The van der Waals surface area contributed by atoms with Gasteiger partial charge in [-0.15, -0.1) is 12.4 Å². The largest absolute Gasteiger partial charge is 0.383 e. The van der Waals surface area contributed by atoms with Crippen LogP contribution in [0.4, 0.5) is 0 Å². The van der Waals surface area contributed by atoms with E-state index >= 15 is 0 Å². The zero-order valence-corrected chi connectivity index (χ0v) is 12.4. The van der Waals surface area contributed by atoms with Crippen molar-refractivity contribution < 1.29 is 9.53 Å². The molecule has 1 aliphatic carbocycles. The van der Waals surface area contributed by atoms with E-state index in [9.17, 15) is 4.79 Å². The first-order valence-corrected chi connectivity index (χ1v) is 6.71. The van der Waals surface area contributed by atoms with Crippen LogP contribution in [-0.2, 0) is 9.53 Å². The molecule has 2 N–H and O–H groups in total. The maximum atomic E-state index is 11.9. The summed E-state index contributed by atoms with van der Waals surface area (Å²) in [6.07, 6.45) is 4.60. The van der Waals surface area contributed by atoms with Crippen LogP contribution in [0.2, 0.25) is 0 Å². The van der Waals surface area contributed by atoms with Crippen molar-refractivity contribution in [2.75, 3.05) is 33.4 Å². The summed E-state index contributed by atoms with van der Waals surface area (Å²) in [6.45, 7) is 5.33. The van der Waals surface area contributed by atoms with E-state index in [1.54, 1.807) is 7.11 Å². The van der Waals surface area contributed by atoms with Crippen molar-refractivity contribution in [2.24, 2.45) is 11.8 Å². The molecule has 1 fully saturated rings. The molecule has 18 heavy (non-hydrogen) atoms. The summed E-state index contributed by atoms with van der Waals surface area (Å²) in [6, 6.07) is 0. The normalized spacial score (nSPS) is 23.2. The van der Waals surface area contributed by atoms with Crippen LogP contribution in [0.1, 0.15) is 32.6 Å². The highest BCUT2D eigenvalue weighted by atomic mass is 35.5. The highest BCUT2D eigenvalue weighted by Crippen LogP contribution is 2.28. The lowest BCUT2D eigenvalue weighted by Crippen LogP contribution is -2.38. The Morgan fingerprint density at radius 3 is 2.72 bits per heavy atom. The Labute approximate surface area is 117 Å². The first-order valence-electron chi connectivity index (χ1n) is 6.71. The molecule has 1 amide bonds. The molecule has 1 aliphatic rings. The van der Waals surface area contributed by atoms with Crippen molar-refractivity contribution in [2.45, 2.75) is 32.6 Å². The van der Waals surface area contributed by atoms with E-state index in [1.165, 1.54) is 12.8 Å². The number of ether oxygens (including phenoxy) is 1. The van der Waals surface area contributed by atoms with E-state index in [-0.39, 0.29) is 24.2 Å². The summed E-state index contributed by atoms with van der Waals surface area (Å²) >= 11 is 0. The van der Waals surface area contributed by atoms with E-state index in [4.69, 9.17) is 4.74 Å². The number of carbonyl (C=O) groups excluding carboxylic acids is 1. The van der Waals surface area contributed by atoms with E-state index < -0.39 is 0 Å². The number of amides is 1. The fourth-order valence-corrected chi connectivity index (χ4v) is 2.39. The van der Waals surface area contributed by atoms with Crippen molar-refractivity contribution in [1.29, 1.82) is 0 Å². The summed E-state index contributed by atoms with van der Waals surface area (Å²) in [5, 5.41) is 6.22. The van der Waals surface area contributed by atoms with Gasteiger partial charge in [-0.2, -0.15) is 0 Å². The highest BCUT2D eigenvalue weighted by molar-refractivity contribution is 5.85. The molecule has 0 aromatic rings. The van der Waals surface area contributed by atoms with E-state index in [1.807, 2.05) is 0 Å². The Morgan fingerprint density at radius 1 is 1.28 bits per heavy atom. The van der Waals surface area contributed by atoms with Gasteiger partial charge in [0, 0.05) is 32.7 Å². The number of nitrogens with one attached hydrogen (secondary N) is 2. The third-order valence-corrected chi connectivity index (χ3v) is 3.39. The molecule has 0 bridgehead atoms. The number of methoxy groups -OCH3 is 1. The van der Waals surface area contributed by atoms with E-state index in [0.29, 0.717) is 19.1 Å². The molecular weight excluding hydrogens is 252 g/mol. The number of rotatable bonds is 7. The zero-order valence-electron chi connectivity index (χ0n) is 11.5. The van der Waals surface area contributed by atoms with Crippen LogP contribution in [0.3, 0.4) is 0 Å². The van der Waals surface area contributed by atoms with Crippen LogP contribution >= 0.6 is 12.4 Å². The Bertz CT molecular complexity index is 227. The lowest BCUT2D eigenvalue weighted by atomic mass is 9.82. The van der Waals surface area contributed by atoms with Crippen LogP contribution in [0.15, 0.2) is 0 Å². The Morgan fingerprint density at radius 2 is 2.06 bits per heavy atom. The van der Waals surface area contributed by atoms with Crippen LogP contribution in [0.5, 0.6) is 0 Å². The van der Waals surface area contributed by atoms with Crippen molar-refractivity contribution in [3.05, 3.63) is 0 Å². The third kappa shape index (κ3) is 7.19. The molecular formula is C13H27ClN2O2. The van der Waals surface area contributed by atoms with Crippen molar-refractivity contribution >= 4 is 18.3 Å². The monoisotopic (exact) mass is 278 g/mol. The van der Waals surface area contributed by atoms with E-state index in [2.05, 4.69) is 17.6 Å². The van der Waals surface area contributed by atoms with Crippen LogP contribution in [0, 0.1) is 11.8 Å². The molecule has 4 nitrogen and oxygen atoms in total. The Balaban J connectivity index is 0.00000289. The topological polar surface area (TPSA) is 50.4 Å². The molecule has 5 heteroatoms. The summed E-state index contributed by atoms with van der Waals surface area (Å²) in [4.78, 5) is 11.9. The second-order valence-corrected chi connectivity index (χ2v) is 5.00. The number of carbonyl (C=O) groups is 1. The minimum Gasteiger partial charge on any atom is -0.383 e. The standard InChI is InChI=1S/C13H26N2O2.ClH/c1-11-4-3-5-12(10-11)13(16)15-7-6-14-8-9-17-2;/h11-12,14H,3-10H2,1-2H3,(H,15,16);1H. The van der Waals surface area contributed by atoms with E-state index in [0.717, 1.165) is 25.9 Å². The van der Waals surface area contributed by atoms with Gasteiger partial charge in [-0.1, -0.05) is 19.8 Å². The quantitative estimate of drug-likeness (QED) is 0.696. The predicted molar refractivity (Wildman–Crippen MR) is 76.1 cm³/mol. The van der Waals surface area contributed by atoms with Gasteiger partial charge >= 0.3 is 0 Å². The second-order valence-electron chi connectivity index (χ2n) is 5.00. The Kier molecular flexibility index (Phi) is 10.4. The molecule has 0 aliphatic heterocycles. The van der Waals surface area contributed by atoms with Crippen LogP contribution in [0.25, 0.3) is 0 Å². The maximum absolute atomic E-state index is 11.9. The number of hydrogen-bond acceptors (Lipinski definition) is 3. The molecule has 0 saturated heterocycles. The van der Waals surface area contributed by atoms with Crippen LogP contribution in [-0.4, -0.2) is 39.3 Å². The summed E-state index contributed by atoms with van der Waals surface area (Å²) < 4.78 is 4.93. The Hall–Kier alpha value is -0.320. The summed E-state index contributed by atoms with van der Waals surface area (Å²) in [5.41, 5.74) is 0. The fraction of sp³-hybridized carbons (Fsp3) is 0.923. The highest BCUT2D eigenvalue weighted by Gasteiger charge is 2.24. The van der Waals surface area contributed by atoms with Gasteiger partial charge < -0.3 is 15.4 Å². The summed E-state index contributed by atoms with van der Waals surface area (Å²) in [5.74, 6) is 1.20. The van der Waals surface area contributed by atoms with Gasteiger partial charge in [0.25, 0.3) is 0 Å². The first kappa shape index (κ1) is 17.7. The molecule has 1 rings (SSSR count). The molecule has 108 valence electrons. The van der Waals surface area contributed by atoms with Gasteiger partial charge in [-0.25, -0.2) is 0 Å². The fourth-order valence-electron chi connectivity index (χ4n) is 2.39. The second kappa shape index (κ2) is 10.6. The van der Waals surface area contributed by atoms with Crippen molar-refractivity contribution in [1.82, 2.24) is 10.6 Å². The molecule has 2 unspecified atom stereocenters. The van der Waals surface area contributed by atoms with Crippen molar-refractivity contribution in [3.8, 4) is 0 Å². The average Bonchev–Trinajstić information content (AvgIpc) is 2.33. The minimum atomic E-state index is 0. The van der Waals surface area contributed by atoms with Gasteiger partial charge in [-0.05, 0) is 18.8 Å². The van der Waals surface area contributed by atoms with Gasteiger partial charge in [-0.3, -0.25) is 4.79 Å². The lowest BCUT2D eigenvalue weighted by molar-refractivity contribution is -0.126. The van der Waals surface area contributed by atoms with Gasteiger partial charge in [0.1, 0.15) is 0 Å². The minimum absolute atomic E-state index is 0. The third-order valence-electron chi connectivity index (χ3n) is 3.39. The van der Waals surface area contributed by atoms with Gasteiger partial charge in [0.05, 0.1) is 6.61 Å². The zero-order chi connectivity index (χ0) is 12.5. The van der Waals surface area contributed by atoms with Gasteiger partial charge in [0.2, 0.25) is 5.91 Å². The number of hydrogen-bond donors (Lipinski definition) is 2. The molecule has 0 heterocycles. The van der Waals surface area contributed by atoms with Crippen molar-refractivity contribution in [3.63, 3.8) is 0 Å². The van der Waals surface area contributed by atoms with Gasteiger partial charge in [0.15, 0.2) is 0 Å². The first-order chi connectivity index (χ1) is 8.24. The average molecular weight is 279 g/mol. The molecule has 0 radical (unpaired) electrons. The summed E-state index contributed by atoms with van der Waals surface area (Å²) in [7, 11) is 1.69. The molecule has 0 spiro atoms. The SMILES string of the molecule is COCCNCCNC(=O)C1CCCC(C)C1.Cl.